The number of rotatable bonds is 2. The largest absolute Gasteiger partial charge is 0.438 e. The van der Waals surface area contributed by atoms with E-state index in [1.54, 1.807) is 0 Å². The fraction of sp³-hybridized carbons (Fsp3) is 0.364. The van der Waals surface area contributed by atoms with E-state index in [0.29, 0.717) is 6.54 Å². The molecule has 1 amide bonds. The number of ether oxygens (including phenoxy) is 1. The lowest BCUT2D eigenvalue weighted by Gasteiger charge is -2.07. The van der Waals surface area contributed by atoms with Gasteiger partial charge in [0.1, 0.15) is 6.10 Å². The van der Waals surface area contributed by atoms with E-state index in [2.05, 4.69) is 4.47 Å². The van der Waals surface area contributed by atoms with Crippen LogP contribution in [0.2, 0.25) is 0 Å². The van der Waals surface area contributed by atoms with Crippen molar-refractivity contribution < 1.29 is 13.7 Å². The highest BCUT2D eigenvalue weighted by Crippen LogP contribution is 2.26. The van der Waals surface area contributed by atoms with Crippen LogP contribution < -0.4 is 0 Å². The first-order valence-electron chi connectivity index (χ1n) is 5.16. The van der Waals surface area contributed by atoms with Gasteiger partial charge in [-0.3, -0.25) is 0 Å². The van der Waals surface area contributed by atoms with Gasteiger partial charge < -0.3 is 4.74 Å². The highest BCUT2D eigenvalue weighted by atomic mass is 32.2. The molecule has 6 heteroatoms. The number of amides is 1. The molecule has 0 N–H and O–H groups in total. The summed E-state index contributed by atoms with van der Waals surface area (Å²) in [6.45, 7) is 0.307. The molecule has 0 spiro atoms. The molecule has 17 heavy (non-hydrogen) atoms. The van der Waals surface area contributed by atoms with Crippen LogP contribution in [0.25, 0.3) is 0 Å². The molecule has 1 aromatic carbocycles. The zero-order valence-electron chi connectivity index (χ0n) is 9.70. The van der Waals surface area contributed by atoms with E-state index in [-0.39, 0.29) is 6.10 Å². The number of cyclic esters (lactones) is 1. The molecule has 1 unspecified atom stereocenters. The van der Waals surface area contributed by atoms with Gasteiger partial charge in [-0.25, -0.2) is 9.00 Å². The molecule has 1 saturated heterocycles. The maximum absolute atomic E-state index is 11.5. The van der Waals surface area contributed by atoms with Gasteiger partial charge >= 0.3 is 6.09 Å². The van der Waals surface area contributed by atoms with Crippen LogP contribution in [0.3, 0.4) is 0 Å². The predicted molar refractivity (Wildman–Crippen MR) is 64.8 cm³/mol. The molecule has 5 nitrogen and oxygen atoms in total. The fourth-order valence-corrected chi connectivity index (χ4v) is 2.20. The lowest BCUT2D eigenvalue weighted by molar-refractivity contribution is 0.133. The molecule has 1 atom stereocenters. The van der Waals surface area contributed by atoms with Crippen LogP contribution in [0.4, 0.5) is 4.79 Å². The van der Waals surface area contributed by atoms with Crippen molar-refractivity contribution in [1.82, 2.24) is 5.01 Å². The van der Waals surface area contributed by atoms with Crippen LogP contribution in [0.5, 0.6) is 0 Å². The van der Waals surface area contributed by atoms with Crippen LogP contribution in [-0.2, 0) is 14.5 Å². The average Bonchev–Trinajstić information content (AvgIpc) is 2.59. The lowest BCUT2D eigenvalue weighted by Crippen LogP contribution is -2.19. The zero-order valence-corrected chi connectivity index (χ0v) is 10.5. The second kappa shape index (κ2) is 4.37. The van der Waals surface area contributed by atoms with E-state index in [4.69, 9.17) is 4.74 Å². The standard InChI is InChI=1S/C11H14N2O3S/c1-17(2,15)12-13-8-10(16-11(13)14)9-6-4-3-5-7-9/h3-7,10H,8H2,1-2H3. The topological polar surface area (TPSA) is 59.0 Å². The first kappa shape index (κ1) is 11.9. The van der Waals surface area contributed by atoms with E-state index in [0.717, 1.165) is 10.6 Å². The molecule has 1 fully saturated rings. The minimum Gasteiger partial charge on any atom is -0.438 e. The Hall–Kier alpha value is -1.56. The predicted octanol–water partition coefficient (Wildman–Crippen LogP) is 1.82. The summed E-state index contributed by atoms with van der Waals surface area (Å²) in [6.07, 6.45) is 2.08. The van der Waals surface area contributed by atoms with E-state index in [1.807, 2.05) is 30.3 Å². The molecule has 1 heterocycles. The summed E-state index contributed by atoms with van der Waals surface area (Å²) in [6, 6.07) is 9.43. The van der Waals surface area contributed by atoms with E-state index < -0.39 is 15.8 Å². The Morgan fingerprint density at radius 2 is 2.00 bits per heavy atom. The lowest BCUT2D eigenvalue weighted by atomic mass is 10.1. The Labute approximate surface area is 101 Å². The molecule has 1 aliphatic heterocycles. The number of benzene rings is 1. The molecule has 92 valence electrons. The summed E-state index contributed by atoms with van der Waals surface area (Å²) in [4.78, 5) is 11.5. The number of carbonyl (C=O) groups excluding carboxylic acids is 1. The summed E-state index contributed by atoms with van der Waals surface area (Å²) >= 11 is 0. The number of carbonyl (C=O) groups is 1. The van der Waals surface area contributed by atoms with Gasteiger partial charge in [-0.15, -0.1) is 4.47 Å². The fourth-order valence-electron chi connectivity index (χ4n) is 1.60. The van der Waals surface area contributed by atoms with Crippen molar-refractivity contribution in [3.63, 3.8) is 0 Å². The minimum atomic E-state index is -2.35. The SMILES string of the molecule is CS(C)(=O)=NN1CC(c2ccccc2)OC1=O. The van der Waals surface area contributed by atoms with Gasteiger partial charge in [-0.1, -0.05) is 30.3 Å². The maximum Gasteiger partial charge on any atom is 0.431 e. The van der Waals surface area contributed by atoms with E-state index in [9.17, 15) is 9.00 Å². The van der Waals surface area contributed by atoms with Gasteiger partial charge in [0.15, 0.2) is 0 Å². The third-order valence-corrected chi connectivity index (χ3v) is 2.85. The van der Waals surface area contributed by atoms with Crippen LogP contribution in [0.1, 0.15) is 11.7 Å². The molecule has 1 aliphatic rings. The molecular weight excluding hydrogens is 240 g/mol. The van der Waals surface area contributed by atoms with Crippen LogP contribution >= 0.6 is 0 Å². The zero-order chi connectivity index (χ0) is 12.5. The van der Waals surface area contributed by atoms with Crippen molar-refractivity contribution in [1.29, 1.82) is 0 Å². The Morgan fingerprint density at radius 3 is 2.59 bits per heavy atom. The Morgan fingerprint density at radius 1 is 1.35 bits per heavy atom. The monoisotopic (exact) mass is 254 g/mol. The van der Waals surface area contributed by atoms with Gasteiger partial charge in [-0.2, -0.15) is 5.01 Å². The van der Waals surface area contributed by atoms with Gasteiger partial charge in [0, 0.05) is 12.5 Å². The van der Waals surface area contributed by atoms with Gasteiger partial charge in [0.05, 0.1) is 16.3 Å². The van der Waals surface area contributed by atoms with Crippen LogP contribution in [0.15, 0.2) is 34.8 Å². The van der Waals surface area contributed by atoms with Gasteiger partial charge in [0.25, 0.3) is 0 Å². The second-order valence-electron chi connectivity index (χ2n) is 4.13. The number of nitrogens with zero attached hydrogens (tertiary/aromatic N) is 2. The third-order valence-electron chi connectivity index (χ3n) is 2.26. The summed E-state index contributed by atoms with van der Waals surface area (Å²) in [7, 11) is -2.35. The Balaban J connectivity index is 2.19. The van der Waals surface area contributed by atoms with E-state index in [1.165, 1.54) is 12.5 Å². The Bertz CT molecular complexity index is 527. The van der Waals surface area contributed by atoms with Crippen molar-refractivity contribution in [3.8, 4) is 0 Å². The van der Waals surface area contributed by atoms with Crippen molar-refractivity contribution in [2.24, 2.45) is 4.47 Å². The van der Waals surface area contributed by atoms with Gasteiger partial charge in [0.2, 0.25) is 0 Å². The normalized spacial score (nSPS) is 20.2. The molecule has 0 bridgehead atoms. The van der Waals surface area contributed by atoms with Gasteiger partial charge in [-0.05, 0) is 5.56 Å². The summed E-state index contributed by atoms with van der Waals surface area (Å²) in [5.74, 6) is 0. The van der Waals surface area contributed by atoms with Crippen molar-refractivity contribution in [2.75, 3.05) is 19.1 Å². The third kappa shape index (κ3) is 2.97. The molecular formula is C11H14N2O3S. The Kier molecular flexibility index (Phi) is 3.06. The molecule has 1 aromatic rings. The molecule has 0 aromatic heterocycles. The summed E-state index contributed by atoms with van der Waals surface area (Å²) in [5, 5.41) is 1.14. The van der Waals surface area contributed by atoms with E-state index >= 15 is 0 Å². The smallest absolute Gasteiger partial charge is 0.431 e. The number of hydrogen-bond acceptors (Lipinski definition) is 4. The quantitative estimate of drug-likeness (QED) is 0.809. The molecule has 0 saturated carbocycles. The molecule has 2 rings (SSSR count). The number of hydrogen-bond donors (Lipinski definition) is 0. The average molecular weight is 254 g/mol. The summed E-state index contributed by atoms with van der Waals surface area (Å²) in [5.41, 5.74) is 0.914. The highest BCUT2D eigenvalue weighted by Gasteiger charge is 2.32. The van der Waals surface area contributed by atoms with Crippen LogP contribution in [0, 0.1) is 0 Å². The minimum absolute atomic E-state index is 0.307. The summed E-state index contributed by atoms with van der Waals surface area (Å²) < 4.78 is 20.5. The first-order chi connectivity index (χ1) is 7.96. The van der Waals surface area contributed by atoms with Crippen molar-refractivity contribution >= 4 is 15.8 Å². The first-order valence-corrected chi connectivity index (χ1v) is 7.49. The van der Waals surface area contributed by atoms with Crippen molar-refractivity contribution in [2.45, 2.75) is 6.10 Å². The maximum atomic E-state index is 11.5. The second-order valence-corrected chi connectivity index (χ2v) is 6.65. The highest BCUT2D eigenvalue weighted by molar-refractivity contribution is 7.92. The molecule has 0 aliphatic carbocycles. The van der Waals surface area contributed by atoms with Crippen molar-refractivity contribution in [3.05, 3.63) is 35.9 Å². The molecule has 0 radical (unpaired) electrons. The van der Waals surface area contributed by atoms with Crippen LogP contribution in [-0.4, -0.2) is 34.4 Å².